The molecule has 9 heteroatoms. The second-order valence-electron chi connectivity index (χ2n) is 3.44. The number of rotatable bonds is 4. The van der Waals surface area contributed by atoms with Gasteiger partial charge in [-0.05, 0) is 18.2 Å². The van der Waals surface area contributed by atoms with Gasteiger partial charge in [0.2, 0.25) is 0 Å². The fourth-order valence-corrected chi connectivity index (χ4v) is 2.51. The maximum absolute atomic E-state index is 12.0. The lowest BCUT2D eigenvalue weighted by Crippen LogP contribution is -2.14. The number of aromatic carboxylic acids is 1. The highest BCUT2D eigenvalue weighted by atomic mass is 35.5. The monoisotopic (exact) mass is 302 g/mol. The van der Waals surface area contributed by atoms with E-state index in [2.05, 4.69) is 14.4 Å². The van der Waals surface area contributed by atoms with Crippen molar-refractivity contribution in [3.8, 4) is 0 Å². The normalized spacial score (nSPS) is 11.2. The van der Waals surface area contributed by atoms with Crippen LogP contribution in [0.1, 0.15) is 10.4 Å². The summed E-state index contributed by atoms with van der Waals surface area (Å²) in [7, 11) is -3.95. The molecular weight excluding hydrogens is 296 g/mol. The van der Waals surface area contributed by atoms with E-state index in [1.165, 1.54) is 24.5 Å². The Morgan fingerprint density at radius 3 is 2.68 bits per heavy atom. The first-order valence-electron chi connectivity index (χ1n) is 4.86. The highest BCUT2D eigenvalue weighted by Gasteiger charge is 2.19. The zero-order valence-electron chi connectivity index (χ0n) is 9.20. The number of aromatic nitrogens is 1. The summed E-state index contributed by atoms with van der Waals surface area (Å²) in [5.41, 5.74) is -0.301. The smallest absolute Gasteiger partial charge is 0.337 e. The van der Waals surface area contributed by atoms with Crippen molar-refractivity contribution in [2.45, 2.75) is 4.90 Å². The van der Waals surface area contributed by atoms with Crippen LogP contribution in [-0.4, -0.2) is 24.7 Å². The number of anilines is 1. The van der Waals surface area contributed by atoms with Crippen molar-refractivity contribution in [2.24, 2.45) is 0 Å². The van der Waals surface area contributed by atoms with Gasteiger partial charge >= 0.3 is 5.97 Å². The number of carboxylic acids is 1. The Morgan fingerprint density at radius 1 is 1.37 bits per heavy atom. The standard InChI is InChI=1S/C10H7ClN2O5S/c11-8-2-1-6(5-7(8)10(14)15)19(16,17)13-9-3-4-18-12-9/h1-5H,(H,12,13)(H,14,15). The van der Waals surface area contributed by atoms with Gasteiger partial charge in [0, 0.05) is 6.07 Å². The number of hydrogen-bond donors (Lipinski definition) is 2. The summed E-state index contributed by atoms with van der Waals surface area (Å²) in [6.45, 7) is 0. The zero-order chi connectivity index (χ0) is 14.0. The summed E-state index contributed by atoms with van der Waals surface area (Å²) in [6, 6.07) is 4.66. The van der Waals surface area contributed by atoms with E-state index in [4.69, 9.17) is 16.7 Å². The molecule has 0 fully saturated rings. The number of halogens is 1. The zero-order valence-corrected chi connectivity index (χ0v) is 10.8. The first-order chi connectivity index (χ1) is 8.90. The number of sulfonamides is 1. The van der Waals surface area contributed by atoms with E-state index in [0.717, 1.165) is 6.07 Å². The van der Waals surface area contributed by atoms with Crippen LogP contribution in [0.25, 0.3) is 0 Å². The van der Waals surface area contributed by atoms with E-state index in [-0.39, 0.29) is 21.3 Å². The van der Waals surface area contributed by atoms with Crippen molar-refractivity contribution in [3.05, 3.63) is 41.1 Å². The first-order valence-corrected chi connectivity index (χ1v) is 6.72. The van der Waals surface area contributed by atoms with Crippen LogP contribution in [0.4, 0.5) is 5.82 Å². The van der Waals surface area contributed by atoms with Crippen molar-refractivity contribution in [2.75, 3.05) is 4.72 Å². The van der Waals surface area contributed by atoms with Crippen LogP contribution >= 0.6 is 11.6 Å². The molecule has 1 heterocycles. The highest BCUT2D eigenvalue weighted by molar-refractivity contribution is 7.92. The molecule has 0 bridgehead atoms. The molecule has 100 valence electrons. The fourth-order valence-electron chi connectivity index (χ4n) is 1.30. The van der Waals surface area contributed by atoms with Gasteiger partial charge < -0.3 is 9.63 Å². The summed E-state index contributed by atoms with van der Waals surface area (Å²) in [6.07, 6.45) is 1.20. The Labute approximate surface area is 112 Å². The third kappa shape index (κ3) is 2.85. The summed E-state index contributed by atoms with van der Waals surface area (Å²) in [5.74, 6) is -1.32. The molecule has 0 aliphatic carbocycles. The largest absolute Gasteiger partial charge is 0.478 e. The fraction of sp³-hybridized carbons (Fsp3) is 0. The molecule has 0 saturated carbocycles. The van der Waals surface area contributed by atoms with E-state index in [0.29, 0.717) is 0 Å². The molecule has 2 N–H and O–H groups in total. The van der Waals surface area contributed by atoms with Crippen LogP contribution in [0.3, 0.4) is 0 Å². The van der Waals surface area contributed by atoms with Crippen LogP contribution < -0.4 is 4.72 Å². The number of carboxylic acid groups (broad SMARTS) is 1. The molecule has 19 heavy (non-hydrogen) atoms. The average Bonchev–Trinajstić information content (AvgIpc) is 2.80. The van der Waals surface area contributed by atoms with Gasteiger partial charge in [-0.25, -0.2) is 13.2 Å². The molecule has 0 atom stereocenters. The minimum Gasteiger partial charge on any atom is -0.478 e. The molecule has 0 aliphatic rings. The number of nitrogens with one attached hydrogen (secondary N) is 1. The molecule has 0 saturated heterocycles. The number of hydrogen-bond acceptors (Lipinski definition) is 5. The highest BCUT2D eigenvalue weighted by Crippen LogP contribution is 2.22. The van der Waals surface area contributed by atoms with E-state index < -0.39 is 16.0 Å². The van der Waals surface area contributed by atoms with E-state index in [1.807, 2.05) is 0 Å². The molecular formula is C10H7ClN2O5S. The Bertz CT molecular complexity index is 712. The Balaban J connectivity index is 2.41. The van der Waals surface area contributed by atoms with Crippen molar-refractivity contribution in [3.63, 3.8) is 0 Å². The third-order valence-corrected chi connectivity index (χ3v) is 3.84. The molecule has 0 radical (unpaired) electrons. The predicted molar refractivity (Wildman–Crippen MR) is 65.7 cm³/mol. The summed E-state index contributed by atoms with van der Waals surface area (Å²) in [5, 5.41) is 12.2. The van der Waals surface area contributed by atoms with Crippen molar-refractivity contribution in [1.29, 1.82) is 0 Å². The van der Waals surface area contributed by atoms with Crippen LogP contribution in [0, 0.1) is 0 Å². The second kappa shape index (κ2) is 4.90. The lowest BCUT2D eigenvalue weighted by Gasteiger charge is -2.06. The maximum atomic E-state index is 12.0. The van der Waals surface area contributed by atoms with Gasteiger partial charge in [0.25, 0.3) is 10.0 Å². The summed E-state index contributed by atoms with van der Waals surface area (Å²) >= 11 is 5.66. The molecule has 1 aromatic carbocycles. The predicted octanol–water partition coefficient (Wildman–Crippen LogP) is 1.83. The molecule has 0 amide bonds. The molecule has 2 rings (SSSR count). The van der Waals surface area contributed by atoms with Gasteiger partial charge in [-0.2, -0.15) is 0 Å². The second-order valence-corrected chi connectivity index (χ2v) is 5.53. The topological polar surface area (TPSA) is 110 Å². The third-order valence-electron chi connectivity index (χ3n) is 2.16. The van der Waals surface area contributed by atoms with Gasteiger partial charge in [0.15, 0.2) is 5.82 Å². The number of nitrogens with zero attached hydrogens (tertiary/aromatic N) is 1. The first kappa shape index (κ1) is 13.4. The molecule has 0 unspecified atom stereocenters. The van der Waals surface area contributed by atoms with E-state index in [1.54, 1.807) is 0 Å². The van der Waals surface area contributed by atoms with Gasteiger partial charge in [0.05, 0.1) is 15.5 Å². The van der Waals surface area contributed by atoms with Crippen LogP contribution in [0.2, 0.25) is 5.02 Å². The van der Waals surface area contributed by atoms with Gasteiger partial charge in [0.1, 0.15) is 6.26 Å². The Morgan fingerprint density at radius 2 is 2.11 bits per heavy atom. The van der Waals surface area contributed by atoms with Gasteiger partial charge in [-0.3, -0.25) is 4.72 Å². The van der Waals surface area contributed by atoms with Crippen molar-refractivity contribution >= 4 is 33.4 Å². The van der Waals surface area contributed by atoms with Crippen LogP contribution in [-0.2, 0) is 10.0 Å². The average molecular weight is 303 g/mol. The minimum absolute atomic E-state index is 0.00757. The molecule has 2 aromatic rings. The number of benzene rings is 1. The van der Waals surface area contributed by atoms with Gasteiger partial charge in [-0.1, -0.05) is 16.8 Å². The maximum Gasteiger partial charge on any atom is 0.337 e. The van der Waals surface area contributed by atoms with Crippen molar-refractivity contribution < 1.29 is 22.8 Å². The lowest BCUT2D eigenvalue weighted by atomic mass is 10.2. The van der Waals surface area contributed by atoms with E-state index >= 15 is 0 Å². The van der Waals surface area contributed by atoms with Crippen LogP contribution in [0.5, 0.6) is 0 Å². The number of carbonyl (C=O) groups is 1. The lowest BCUT2D eigenvalue weighted by molar-refractivity contribution is 0.0697. The molecule has 1 aromatic heterocycles. The summed E-state index contributed by atoms with van der Waals surface area (Å²) in [4.78, 5) is 10.7. The minimum atomic E-state index is -3.95. The Hall–Kier alpha value is -2.06. The van der Waals surface area contributed by atoms with Crippen molar-refractivity contribution in [1.82, 2.24) is 5.16 Å². The van der Waals surface area contributed by atoms with E-state index in [9.17, 15) is 13.2 Å². The molecule has 7 nitrogen and oxygen atoms in total. The molecule has 0 spiro atoms. The summed E-state index contributed by atoms with van der Waals surface area (Å²) < 4.78 is 30.5. The van der Waals surface area contributed by atoms with Gasteiger partial charge in [-0.15, -0.1) is 0 Å². The molecule has 0 aliphatic heterocycles. The SMILES string of the molecule is O=C(O)c1cc(S(=O)(=O)Nc2ccon2)ccc1Cl. The quantitative estimate of drug-likeness (QED) is 0.891. The Kier molecular flexibility index (Phi) is 3.45. The van der Waals surface area contributed by atoms with Crippen LogP contribution in [0.15, 0.2) is 39.9 Å².